The van der Waals surface area contributed by atoms with Crippen LogP contribution in [0.1, 0.15) is 48.6 Å². The van der Waals surface area contributed by atoms with Gasteiger partial charge in [0.2, 0.25) is 0 Å². The van der Waals surface area contributed by atoms with E-state index in [9.17, 15) is 0 Å². The van der Waals surface area contributed by atoms with E-state index in [-0.39, 0.29) is 5.41 Å². The molecule has 6 nitrogen and oxygen atoms in total. The van der Waals surface area contributed by atoms with Gasteiger partial charge in [-0.15, -0.1) is 6.58 Å². The predicted octanol–water partition coefficient (Wildman–Crippen LogP) is 5.14. The number of pyridine rings is 2. The van der Waals surface area contributed by atoms with E-state index >= 15 is 0 Å². The Labute approximate surface area is 194 Å². The van der Waals surface area contributed by atoms with Crippen LogP contribution in [-0.2, 0) is 24.7 Å². The molecule has 0 aromatic carbocycles. The van der Waals surface area contributed by atoms with Gasteiger partial charge in [-0.25, -0.2) is 4.98 Å². The Morgan fingerprint density at radius 1 is 1.19 bits per heavy atom. The Balaban J connectivity index is 1.62. The summed E-state index contributed by atoms with van der Waals surface area (Å²) in [6.07, 6.45) is 12.8. The van der Waals surface area contributed by atoms with Crippen LogP contribution in [0.4, 0.5) is 10.7 Å². The number of aryl methyl sites for hydroxylation is 2. The first-order valence-corrected chi connectivity index (χ1v) is 12.1. The minimum absolute atomic E-state index is 0.0717. The Morgan fingerprint density at radius 2 is 2.06 bits per heavy atom. The van der Waals surface area contributed by atoms with Gasteiger partial charge in [0, 0.05) is 41.3 Å². The highest BCUT2D eigenvalue weighted by atomic mass is 32.1. The maximum atomic E-state index is 4.77. The van der Waals surface area contributed by atoms with Crippen molar-refractivity contribution in [2.75, 3.05) is 24.4 Å². The zero-order valence-electron chi connectivity index (χ0n) is 19.2. The van der Waals surface area contributed by atoms with E-state index in [2.05, 4.69) is 53.7 Å². The maximum Gasteiger partial charge on any atom is 0.127 e. The molecule has 0 saturated carbocycles. The van der Waals surface area contributed by atoms with Gasteiger partial charge in [0.25, 0.3) is 0 Å². The summed E-state index contributed by atoms with van der Waals surface area (Å²) in [5.74, 6) is 0. The van der Waals surface area contributed by atoms with Gasteiger partial charge in [0.15, 0.2) is 0 Å². The van der Waals surface area contributed by atoms with Crippen LogP contribution in [-0.4, -0.2) is 28.5 Å². The first-order valence-electron chi connectivity index (χ1n) is 11.3. The lowest BCUT2D eigenvalue weighted by Crippen LogP contribution is -2.33. The SMILES string of the molecule is C=CCC(C)(CNC)c1ncc(NNc2c(-c3ccnc(CC)c3)cnc3c2CCC3)s1. The molecule has 1 atom stereocenters. The van der Waals surface area contributed by atoms with Crippen LogP contribution in [0.3, 0.4) is 0 Å². The Morgan fingerprint density at radius 3 is 2.84 bits per heavy atom. The average Bonchev–Trinajstić information content (AvgIpc) is 3.48. The first kappa shape index (κ1) is 22.4. The molecule has 4 rings (SSSR count). The molecule has 3 N–H and O–H groups in total. The van der Waals surface area contributed by atoms with E-state index in [1.54, 1.807) is 11.3 Å². The number of fused-ring (bicyclic) bond motifs is 1. The third-order valence-corrected chi connectivity index (χ3v) is 7.31. The van der Waals surface area contributed by atoms with Crippen molar-refractivity contribution < 1.29 is 0 Å². The topological polar surface area (TPSA) is 74.8 Å². The minimum atomic E-state index is -0.0717. The van der Waals surface area contributed by atoms with Gasteiger partial charge in [0.1, 0.15) is 10.0 Å². The van der Waals surface area contributed by atoms with Crippen molar-refractivity contribution in [2.45, 2.75) is 51.4 Å². The van der Waals surface area contributed by atoms with Gasteiger partial charge in [-0.05, 0) is 62.4 Å². The molecule has 32 heavy (non-hydrogen) atoms. The van der Waals surface area contributed by atoms with E-state index in [0.717, 1.165) is 71.2 Å². The number of aromatic nitrogens is 3. The molecule has 0 amide bonds. The summed E-state index contributed by atoms with van der Waals surface area (Å²) in [5.41, 5.74) is 13.8. The molecular formula is C25H32N6S. The van der Waals surface area contributed by atoms with Crippen molar-refractivity contribution in [1.29, 1.82) is 0 Å². The molecule has 0 radical (unpaired) electrons. The lowest BCUT2D eigenvalue weighted by molar-refractivity contribution is 0.452. The van der Waals surface area contributed by atoms with Crippen molar-refractivity contribution >= 4 is 22.0 Å². The Kier molecular flexibility index (Phi) is 6.86. The second kappa shape index (κ2) is 9.79. The fraction of sp³-hybridized carbons (Fsp3) is 0.400. The molecule has 0 bridgehead atoms. The molecule has 0 saturated heterocycles. The highest BCUT2D eigenvalue weighted by Gasteiger charge is 2.28. The quantitative estimate of drug-likeness (QED) is 0.294. The molecule has 3 aromatic rings. The lowest BCUT2D eigenvalue weighted by Gasteiger charge is -2.25. The van der Waals surface area contributed by atoms with Gasteiger partial charge in [-0.2, -0.15) is 0 Å². The van der Waals surface area contributed by atoms with E-state index in [4.69, 9.17) is 9.97 Å². The highest BCUT2D eigenvalue weighted by Crippen LogP contribution is 2.37. The number of allylic oxidation sites excluding steroid dienone is 1. The first-order chi connectivity index (χ1) is 15.6. The molecule has 3 heterocycles. The smallest absolute Gasteiger partial charge is 0.127 e. The monoisotopic (exact) mass is 448 g/mol. The number of thiazole rings is 1. The molecule has 1 aliphatic rings. The van der Waals surface area contributed by atoms with Crippen LogP contribution in [0.25, 0.3) is 11.1 Å². The van der Waals surface area contributed by atoms with Crippen LogP contribution in [0.15, 0.2) is 43.4 Å². The van der Waals surface area contributed by atoms with Crippen molar-refractivity contribution in [3.63, 3.8) is 0 Å². The number of nitrogens with one attached hydrogen (secondary N) is 3. The van der Waals surface area contributed by atoms with Crippen LogP contribution in [0, 0.1) is 0 Å². The number of rotatable bonds is 10. The Hall–Kier alpha value is -2.77. The van der Waals surface area contributed by atoms with Crippen LogP contribution >= 0.6 is 11.3 Å². The van der Waals surface area contributed by atoms with Crippen LogP contribution in [0.5, 0.6) is 0 Å². The molecule has 0 fully saturated rings. The third kappa shape index (κ3) is 4.54. The van der Waals surface area contributed by atoms with E-state index in [0.29, 0.717) is 0 Å². The summed E-state index contributed by atoms with van der Waals surface area (Å²) in [5, 5.41) is 5.38. The van der Waals surface area contributed by atoms with Gasteiger partial charge >= 0.3 is 0 Å². The highest BCUT2D eigenvalue weighted by molar-refractivity contribution is 7.15. The Bertz CT molecular complexity index is 1090. The molecule has 3 aromatic heterocycles. The van der Waals surface area contributed by atoms with Gasteiger partial charge in [0.05, 0.1) is 11.9 Å². The molecule has 7 heteroatoms. The average molecular weight is 449 g/mol. The predicted molar refractivity (Wildman–Crippen MR) is 134 cm³/mol. The molecule has 0 aliphatic heterocycles. The van der Waals surface area contributed by atoms with E-state index < -0.39 is 0 Å². The van der Waals surface area contributed by atoms with Gasteiger partial charge in [-0.3, -0.25) is 20.8 Å². The summed E-state index contributed by atoms with van der Waals surface area (Å²) in [6, 6.07) is 4.22. The number of hydrogen-bond acceptors (Lipinski definition) is 7. The number of likely N-dealkylation sites (N-methyl/N-ethyl adjacent to an activating group) is 1. The number of anilines is 2. The third-order valence-electron chi connectivity index (χ3n) is 6.09. The number of nitrogens with zero attached hydrogens (tertiary/aromatic N) is 3. The van der Waals surface area contributed by atoms with Crippen molar-refractivity contribution in [3.8, 4) is 11.1 Å². The molecule has 168 valence electrons. The molecular weight excluding hydrogens is 416 g/mol. The summed E-state index contributed by atoms with van der Waals surface area (Å²) >= 11 is 1.68. The van der Waals surface area contributed by atoms with Crippen molar-refractivity contribution in [3.05, 3.63) is 65.3 Å². The summed E-state index contributed by atoms with van der Waals surface area (Å²) < 4.78 is 0. The van der Waals surface area contributed by atoms with Gasteiger partial charge < -0.3 is 5.32 Å². The number of hydrogen-bond donors (Lipinski definition) is 3. The van der Waals surface area contributed by atoms with Gasteiger partial charge in [-0.1, -0.05) is 31.3 Å². The summed E-state index contributed by atoms with van der Waals surface area (Å²) in [4.78, 5) is 14.0. The summed E-state index contributed by atoms with van der Waals surface area (Å²) in [7, 11) is 1.98. The van der Waals surface area contributed by atoms with Crippen molar-refractivity contribution in [1.82, 2.24) is 20.3 Å². The second-order valence-corrected chi connectivity index (χ2v) is 9.61. The largest absolute Gasteiger partial charge is 0.319 e. The molecule has 0 spiro atoms. The molecule has 1 unspecified atom stereocenters. The fourth-order valence-corrected chi connectivity index (χ4v) is 5.31. The minimum Gasteiger partial charge on any atom is -0.319 e. The lowest BCUT2D eigenvalue weighted by atomic mass is 9.87. The maximum absolute atomic E-state index is 4.77. The standard InChI is InChI=1S/C25H32N6S/c1-5-11-25(3,16-26-4)24-29-15-22(32-24)30-31-23-19-8-7-9-21(19)28-14-20(23)17-10-12-27-18(6-2)13-17/h5,10,12-15,26,30H,1,6-9,11,16H2,2-4H3,(H,28,31). The van der Waals surface area contributed by atoms with Crippen LogP contribution in [0.2, 0.25) is 0 Å². The number of hydrazine groups is 1. The zero-order valence-corrected chi connectivity index (χ0v) is 20.0. The zero-order chi connectivity index (χ0) is 22.6. The normalized spacial score (nSPS) is 14.6. The van der Waals surface area contributed by atoms with E-state index in [1.165, 1.54) is 11.3 Å². The summed E-state index contributed by atoms with van der Waals surface area (Å²) in [6.45, 7) is 9.14. The molecule has 1 aliphatic carbocycles. The van der Waals surface area contributed by atoms with Crippen molar-refractivity contribution in [2.24, 2.45) is 0 Å². The second-order valence-electron chi connectivity index (χ2n) is 8.58. The fourth-order valence-electron chi connectivity index (χ4n) is 4.39. The van der Waals surface area contributed by atoms with Crippen LogP contribution < -0.4 is 16.2 Å². The van der Waals surface area contributed by atoms with E-state index in [1.807, 2.05) is 31.7 Å².